The fraction of sp³-hybridized carbons (Fsp3) is 0.600. The van der Waals surface area contributed by atoms with E-state index in [1.807, 2.05) is 19.1 Å². The van der Waals surface area contributed by atoms with Gasteiger partial charge in [-0.1, -0.05) is 12.5 Å². The predicted molar refractivity (Wildman–Crippen MR) is 110 cm³/mol. The number of nitrogens with one attached hydrogen (secondary N) is 3. The highest BCUT2D eigenvalue weighted by molar-refractivity contribution is 5.94. The highest BCUT2D eigenvalue weighted by Crippen LogP contribution is 2.12. The lowest BCUT2D eigenvalue weighted by atomic mass is 10.1. The number of piperidine rings is 1. The molecule has 1 aromatic rings. The van der Waals surface area contributed by atoms with E-state index in [1.54, 1.807) is 19.2 Å². The Hall–Kier alpha value is -2.28. The van der Waals surface area contributed by atoms with Crippen molar-refractivity contribution in [1.29, 1.82) is 0 Å². The van der Waals surface area contributed by atoms with Crippen molar-refractivity contribution in [3.8, 4) is 5.75 Å². The van der Waals surface area contributed by atoms with Gasteiger partial charge in [0.05, 0.1) is 13.7 Å². The Morgan fingerprint density at radius 2 is 1.93 bits per heavy atom. The van der Waals surface area contributed by atoms with E-state index in [-0.39, 0.29) is 5.91 Å². The summed E-state index contributed by atoms with van der Waals surface area (Å²) in [6.07, 6.45) is 3.95. The molecule has 3 N–H and O–H groups in total. The molecule has 1 heterocycles. The quantitative estimate of drug-likeness (QED) is 0.346. The third-order valence-corrected chi connectivity index (χ3v) is 4.51. The third kappa shape index (κ3) is 7.86. The third-order valence-electron chi connectivity index (χ3n) is 4.51. The van der Waals surface area contributed by atoms with Gasteiger partial charge < -0.3 is 25.6 Å². The second-order valence-electron chi connectivity index (χ2n) is 6.58. The molecule has 1 aromatic carbocycles. The van der Waals surface area contributed by atoms with Gasteiger partial charge in [0, 0.05) is 31.7 Å². The molecule has 1 amide bonds. The first-order valence-corrected chi connectivity index (χ1v) is 9.89. The topological polar surface area (TPSA) is 78.0 Å². The van der Waals surface area contributed by atoms with Crippen molar-refractivity contribution in [2.24, 2.45) is 4.99 Å². The fourth-order valence-corrected chi connectivity index (χ4v) is 3.05. The van der Waals surface area contributed by atoms with E-state index in [9.17, 15) is 4.79 Å². The number of rotatable bonds is 9. The number of guanidine groups is 1. The minimum atomic E-state index is -0.109. The number of likely N-dealkylation sites (tertiary alicyclic amines) is 1. The number of nitrogens with zero attached hydrogens (tertiary/aromatic N) is 2. The first kappa shape index (κ1) is 21.0. The summed E-state index contributed by atoms with van der Waals surface area (Å²) in [6.45, 7) is 8.16. The van der Waals surface area contributed by atoms with E-state index in [0.717, 1.165) is 25.6 Å². The Morgan fingerprint density at radius 3 is 2.67 bits per heavy atom. The summed E-state index contributed by atoms with van der Waals surface area (Å²) < 4.78 is 5.15. The van der Waals surface area contributed by atoms with Crippen LogP contribution in [0.1, 0.15) is 36.5 Å². The molecule has 2 rings (SSSR count). The largest absolute Gasteiger partial charge is 0.497 e. The number of aliphatic imine (C=N–C) groups is 1. The van der Waals surface area contributed by atoms with Crippen molar-refractivity contribution in [2.75, 3.05) is 52.9 Å². The number of carbonyl (C=O) groups is 1. The molecule has 7 nitrogen and oxygen atoms in total. The number of carbonyl (C=O) groups excluding carboxylic acids is 1. The van der Waals surface area contributed by atoms with Crippen LogP contribution in [0.3, 0.4) is 0 Å². The highest BCUT2D eigenvalue weighted by Gasteiger charge is 2.09. The Kier molecular flexibility index (Phi) is 9.48. The van der Waals surface area contributed by atoms with Crippen molar-refractivity contribution in [2.45, 2.75) is 26.2 Å². The molecule has 0 bridgehead atoms. The molecule has 1 aliphatic rings. The van der Waals surface area contributed by atoms with Gasteiger partial charge in [-0.25, -0.2) is 0 Å². The number of amides is 1. The lowest BCUT2D eigenvalue weighted by Gasteiger charge is -2.25. The average molecular weight is 376 g/mol. The van der Waals surface area contributed by atoms with E-state index in [1.165, 1.54) is 32.4 Å². The maximum Gasteiger partial charge on any atom is 0.251 e. The first-order valence-electron chi connectivity index (χ1n) is 9.89. The van der Waals surface area contributed by atoms with E-state index in [0.29, 0.717) is 24.4 Å². The van der Waals surface area contributed by atoms with E-state index in [4.69, 9.17) is 4.74 Å². The molecule has 1 aliphatic heterocycles. The van der Waals surface area contributed by atoms with Gasteiger partial charge in [0.15, 0.2) is 5.96 Å². The SMILES string of the molecule is CCNC(=NCCN1CCCCC1)NCCNC(=O)c1cccc(OC)c1. The summed E-state index contributed by atoms with van der Waals surface area (Å²) in [7, 11) is 1.59. The minimum Gasteiger partial charge on any atom is -0.497 e. The van der Waals surface area contributed by atoms with Crippen LogP contribution in [-0.2, 0) is 0 Å². The zero-order chi connectivity index (χ0) is 19.3. The molecular formula is C20H33N5O2. The molecule has 0 atom stereocenters. The van der Waals surface area contributed by atoms with Crippen LogP contribution >= 0.6 is 0 Å². The number of hydrogen-bond acceptors (Lipinski definition) is 4. The van der Waals surface area contributed by atoms with Gasteiger partial charge >= 0.3 is 0 Å². The Morgan fingerprint density at radius 1 is 1.15 bits per heavy atom. The molecular weight excluding hydrogens is 342 g/mol. The predicted octanol–water partition coefficient (Wildman–Crippen LogP) is 1.47. The molecule has 0 aliphatic carbocycles. The van der Waals surface area contributed by atoms with Crippen molar-refractivity contribution in [3.05, 3.63) is 29.8 Å². The fourth-order valence-electron chi connectivity index (χ4n) is 3.05. The Balaban J connectivity index is 1.69. The zero-order valence-electron chi connectivity index (χ0n) is 16.6. The van der Waals surface area contributed by atoms with Gasteiger partial charge in [-0.15, -0.1) is 0 Å². The number of methoxy groups -OCH3 is 1. The summed E-state index contributed by atoms with van der Waals surface area (Å²) in [5.41, 5.74) is 0.594. The van der Waals surface area contributed by atoms with Crippen LogP contribution in [0.2, 0.25) is 0 Å². The monoisotopic (exact) mass is 375 g/mol. The van der Waals surface area contributed by atoms with Gasteiger partial charge in [-0.3, -0.25) is 9.79 Å². The number of benzene rings is 1. The molecule has 1 fully saturated rings. The smallest absolute Gasteiger partial charge is 0.251 e. The molecule has 0 aromatic heterocycles. The van der Waals surface area contributed by atoms with Gasteiger partial charge in [0.25, 0.3) is 5.91 Å². The van der Waals surface area contributed by atoms with E-state index >= 15 is 0 Å². The van der Waals surface area contributed by atoms with Crippen LogP contribution in [0.25, 0.3) is 0 Å². The molecule has 0 radical (unpaired) electrons. The van der Waals surface area contributed by atoms with Crippen LogP contribution in [0, 0.1) is 0 Å². The lowest BCUT2D eigenvalue weighted by Crippen LogP contribution is -2.42. The minimum absolute atomic E-state index is 0.109. The van der Waals surface area contributed by atoms with Crippen LogP contribution in [0.15, 0.2) is 29.3 Å². The first-order chi connectivity index (χ1) is 13.2. The highest BCUT2D eigenvalue weighted by atomic mass is 16.5. The second-order valence-corrected chi connectivity index (χ2v) is 6.58. The van der Waals surface area contributed by atoms with Crippen molar-refractivity contribution >= 4 is 11.9 Å². The van der Waals surface area contributed by atoms with Crippen LogP contribution in [0.4, 0.5) is 0 Å². The summed E-state index contributed by atoms with van der Waals surface area (Å²) in [5.74, 6) is 1.36. The summed E-state index contributed by atoms with van der Waals surface area (Å²) in [5, 5.41) is 9.42. The maximum absolute atomic E-state index is 12.2. The van der Waals surface area contributed by atoms with E-state index in [2.05, 4.69) is 25.8 Å². The van der Waals surface area contributed by atoms with Crippen LogP contribution in [0.5, 0.6) is 5.75 Å². The molecule has 0 unspecified atom stereocenters. The lowest BCUT2D eigenvalue weighted by molar-refractivity contribution is 0.0954. The zero-order valence-corrected chi connectivity index (χ0v) is 16.6. The van der Waals surface area contributed by atoms with Crippen molar-refractivity contribution in [1.82, 2.24) is 20.9 Å². The molecule has 7 heteroatoms. The van der Waals surface area contributed by atoms with Gasteiger partial charge in [-0.05, 0) is 51.1 Å². The van der Waals surface area contributed by atoms with Crippen molar-refractivity contribution in [3.63, 3.8) is 0 Å². The number of ether oxygens (including phenoxy) is 1. The Labute approximate surface area is 162 Å². The summed E-state index contributed by atoms with van der Waals surface area (Å²) in [4.78, 5) is 19.3. The molecule has 0 spiro atoms. The molecule has 150 valence electrons. The maximum atomic E-state index is 12.2. The van der Waals surface area contributed by atoms with Gasteiger partial charge in [0.2, 0.25) is 0 Å². The standard InChI is InChI=1S/C20H33N5O2/c1-3-21-20(24-12-15-25-13-5-4-6-14-25)23-11-10-22-19(26)17-8-7-9-18(16-17)27-2/h7-9,16H,3-6,10-15H2,1-2H3,(H,22,26)(H2,21,23,24). The van der Waals surface area contributed by atoms with Crippen LogP contribution in [-0.4, -0.2) is 69.7 Å². The molecule has 0 saturated carbocycles. The summed E-state index contributed by atoms with van der Waals surface area (Å²) in [6, 6.07) is 7.14. The molecule has 27 heavy (non-hydrogen) atoms. The normalized spacial score (nSPS) is 15.3. The second kappa shape index (κ2) is 12.2. The Bertz CT molecular complexity index is 600. The number of hydrogen-bond donors (Lipinski definition) is 3. The summed E-state index contributed by atoms with van der Waals surface area (Å²) >= 11 is 0. The van der Waals surface area contributed by atoms with E-state index < -0.39 is 0 Å². The van der Waals surface area contributed by atoms with Gasteiger partial charge in [0.1, 0.15) is 5.75 Å². The van der Waals surface area contributed by atoms with Crippen molar-refractivity contribution < 1.29 is 9.53 Å². The van der Waals surface area contributed by atoms with Crippen LogP contribution < -0.4 is 20.7 Å². The van der Waals surface area contributed by atoms with Gasteiger partial charge in [-0.2, -0.15) is 0 Å². The molecule has 1 saturated heterocycles. The average Bonchev–Trinajstić information content (AvgIpc) is 2.71.